The molecule has 0 aromatic heterocycles. The molecule has 7 nitrogen and oxygen atoms in total. The van der Waals surface area contributed by atoms with E-state index in [4.69, 9.17) is 9.47 Å². The van der Waals surface area contributed by atoms with Crippen molar-refractivity contribution in [2.45, 2.75) is 38.9 Å². The second kappa shape index (κ2) is 7.37. The molecule has 3 aliphatic rings. The fraction of sp³-hybridized carbons (Fsp3) is 0.882. The first kappa shape index (κ1) is 17.6. The Morgan fingerprint density at radius 2 is 1.71 bits per heavy atom. The van der Waals surface area contributed by atoms with Gasteiger partial charge < -0.3 is 24.6 Å². The summed E-state index contributed by atoms with van der Waals surface area (Å²) in [4.78, 5) is 29.7. The quantitative estimate of drug-likeness (QED) is 0.774. The van der Waals surface area contributed by atoms with Crippen LogP contribution in [0.25, 0.3) is 0 Å². The molecule has 3 saturated heterocycles. The van der Waals surface area contributed by atoms with Crippen molar-refractivity contribution < 1.29 is 19.1 Å². The van der Waals surface area contributed by atoms with Crippen LogP contribution in [0.15, 0.2) is 0 Å². The Balaban J connectivity index is 1.68. The van der Waals surface area contributed by atoms with Crippen LogP contribution < -0.4 is 5.32 Å². The summed E-state index contributed by atoms with van der Waals surface area (Å²) in [5.74, 6) is 0.181. The number of carbonyl (C=O) groups excluding carboxylic acids is 2. The van der Waals surface area contributed by atoms with Crippen molar-refractivity contribution >= 4 is 11.8 Å². The maximum absolute atomic E-state index is 13.2. The first-order valence-electron chi connectivity index (χ1n) is 9.01. The predicted molar refractivity (Wildman–Crippen MR) is 88.5 cm³/mol. The molecule has 7 heteroatoms. The molecule has 3 aliphatic heterocycles. The molecule has 0 aromatic carbocycles. The number of amides is 2. The van der Waals surface area contributed by atoms with Gasteiger partial charge in [-0.2, -0.15) is 0 Å². The van der Waals surface area contributed by atoms with Crippen LogP contribution in [0.3, 0.4) is 0 Å². The largest absolute Gasteiger partial charge is 0.375 e. The first-order chi connectivity index (χ1) is 11.5. The van der Waals surface area contributed by atoms with Crippen LogP contribution in [0, 0.1) is 5.41 Å². The second-order valence-corrected chi connectivity index (χ2v) is 7.34. The van der Waals surface area contributed by atoms with Crippen molar-refractivity contribution in [1.29, 1.82) is 0 Å². The highest BCUT2D eigenvalue weighted by Gasteiger charge is 2.46. The van der Waals surface area contributed by atoms with E-state index < -0.39 is 5.41 Å². The molecular weight excluding hydrogens is 310 g/mol. The van der Waals surface area contributed by atoms with Crippen molar-refractivity contribution in [1.82, 2.24) is 15.1 Å². The number of morpholine rings is 2. The lowest BCUT2D eigenvalue weighted by Gasteiger charge is -2.39. The highest BCUT2D eigenvalue weighted by molar-refractivity contribution is 5.89. The number of nitrogens with zero attached hydrogens (tertiary/aromatic N) is 2. The molecule has 0 spiro atoms. The molecule has 0 radical (unpaired) electrons. The Hall–Kier alpha value is -1.18. The average molecular weight is 339 g/mol. The van der Waals surface area contributed by atoms with Crippen molar-refractivity contribution in [2.24, 2.45) is 5.41 Å². The van der Waals surface area contributed by atoms with Gasteiger partial charge in [-0.15, -0.1) is 0 Å². The van der Waals surface area contributed by atoms with E-state index in [1.54, 1.807) is 0 Å². The van der Waals surface area contributed by atoms with Crippen LogP contribution >= 0.6 is 0 Å². The number of nitrogens with one attached hydrogen (secondary N) is 1. The van der Waals surface area contributed by atoms with Gasteiger partial charge in [0.05, 0.1) is 30.8 Å². The third-order valence-corrected chi connectivity index (χ3v) is 5.31. The topological polar surface area (TPSA) is 71.1 Å². The fourth-order valence-electron chi connectivity index (χ4n) is 3.94. The normalized spacial score (nSPS) is 34.4. The zero-order chi connectivity index (χ0) is 17.2. The Bertz CT molecular complexity index is 478. The van der Waals surface area contributed by atoms with Gasteiger partial charge in [0.25, 0.3) is 0 Å². The minimum atomic E-state index is -0.602. The third-order valence-electron chi connectivity index (χ3n) is 5.31. The van der Waals surface area contributed by atoms with E-state index >= 15 is 0 Å². The maximum atomic E-state index is 13.2. The first-order valence-corrected chi connectivity index (χ1v) is 9.01. The molecule has 3 rings (SSSR count). The molecule has 3 atom stereocenters. The molecule has 0 saturated carbocycles. The van der Waals surface area contributed by atoms with E-state index in [1.165, 1.54) is 0 Å². The summed E-state index contributed by atoms with van der Waals surface area (Å²) in [7, 11) is 0. The van der Waals surface area contributed by atoms with E-state index in [0.717, 1.165) is 13.0 Å². The Morgan fingerprint density at radius 1 is 1.08 bits per heavy atom. The summed E-state index contributed by atoms with van der Waals surface area (Å²) in [5, 5.41) is 3.29. The van der Waals surface area contributed by atoms with Crippen molar-refractivity contribution in [3.05, 3.63) is 0 Å². The van der Waals surface area contributed by atoms with Crippen LogP contribution in [0.1, 0.15) is 26.7 Å². The monoisotopic (exact) mass is 339 g/mol. The van der Waals surface area contributed by atoms with Gasteiger partial charge >= 0.3 is 0 Å². The van der Waals surface area contributed by atoms with Crippen LogP contribution in [-0.2, 0) is 19.1 Å². The van der Waals surface area contributed by atoms with Gasteiger partial charge in [-0.05, 0) is 26.8 Å². The summed E-state index contributed by atoms with van der Waals surface area (Å²) in [5.41, 5.74) is -0.602. The van der Waals surface area contributed by atoms with Crippen molar-refractivity contribution in [2.75, 3.05) is 52.5 Å². The van der Waals surface area contributed by atoms with Gasteiger partial charge in [-0.25, -0.2) is 0 Å². The number of ether oxygens (including phenoxy) is 2. The van der Waals surface area contributed by atoms with Crippen LogP contribution in [0.4, 0.5) is 0 Å². The molecule has 1 N–H and O–H groups in total. The molecule has 2 amide bonds. The standard InChI is InChI=1S/C17H29N3O4/c1-13-10-19(5-7-23-13)15(21)9-17(3-4-18-12-17)16(22)20-6-8-24-14(2)11-20/h13-14,18H,3-12H2,1-2H3. The van der Waals surface area contributed by atoms with Crippen LogP contribution in [0.5, 0.6) is 0 Å². The van der Waals surface area contributed by atoms with E-state index in [0.29, 0.717) is 45.9 Å². The molecular formula is C17H29N3O4. The Labute approximate surface area is 143 Å². The van der Waals surface area contributed by atoms with E-state index in [-0.39, 0.29) is 30.4 Å². The minimum absolute atomic E-state index is 0.0601. The SMILES string of the molecule is CC1CN(C(=O)CC2(C(=O)N3CCOC(C)C3)CCNC2)CCO1. The summed E-state index contributed by atoms with van der Waals surface area (Å²) in [6.45, 7) is 8.96. The molecule has 136 valence electrons. The summed E-state index contributed by atoms with van der Waals surface area (Å²) in [6, 6.07) is 0. The predicted octanol–water partition coefficient (Wildman–Crippen LogP) is -0.149. The Kier molecular flexibility index (Phi) is 5.42. The average Bonchev–Trinajstić information content (AvgIpc) is 3.04. The Morgan fingerprint density at radius 3 is 2.29 bits per heavy atom. The van der Waals surface area contributed by atoms with Crippen LogP contribution in [0.2, 0.25) is 0 Å². The third kappa shape index (κ3) is 3.73. The highest BCUT2D eigenvalue weighted by Crippen LogP contribution is 2.33. The smallest absolute Gasteiger partial charge is 0.230 e. The molecule has 3 unspecified atom stereocenters. The van der Waals surface area contributed by atoms with Crippen molar-refractivity contribution in [3.63, 3.8) is 0 Å². The molecule has 24 heavy (non-hydrogen) atoms. The molecule has 3 fully saturated rings. The maximum Gasteiger partial charge on any atom is 0.230 e. The van der Waals surface area contributed by atoms with Crippen LogP contribution in [-0.4, -0.2) is 86.3 Å². The molecule has 0 aliphatic carbocycles. The van der Waals surface area contributed by atoms with Gasteiger partial charge in [0.1, 0.15) is 0 Å². The van der Waals surface area contributed by atoms with Gasteiger partial charge in [-0.3, -0.25) is 9.59 Å². The number of hydrogen-bond acceptors (Lipinski definition) is 5. The highest BCUT2D eigenvalue weighted by atomic mass is 16.5. The molecule has 3 heterocycles. The zero-order valence-corrected chi connectivity index (χ0v) is 14.8. The second-order valence-electron chi connectivity index (χ2n) is 7.34. The van der Waals surface area contributed by atoms with Gasteiger partial charge in [0, 0.05) is 39.1 Å². The summed E-state index contributed by atoms with van der Waals surface area (Å²) < 4.78 is 11.1. The fourth-order valence-corrected chi connectivity index (χ4v) is 3.94. The number of hydrogen-bond donors (Lipinski definition) is 1. The van der Waals surface area contributed by atoms with Gasteiger partial charge in [0.2, 0.25) is 11.8 Å². The van der Waals surface area contributed by atoms with E-state index in [9.17, 15) is 9.59 Å². The van der Waals surface area contributed by atoms with Gasteiger partial charge in [-0.1, -0.05) is 0 Å². The van der Waals surface area contributed by atoms with Crippen molar-refractivity contribution in [3.8, 4) is 0 Å². The zero-order valence-electron chi connectivity index (χ0n) is 14.8. The number of carbonyl (C=O) groups is 2. The molecule has 0 bridgehead atoms. The summed E-state index contributed by atoms with van der Waals surface area (Å²) in [6.07, 6.45) is 1.14. The lowest BCUT2D eigenvalue weighted by molar-refractivity contribution is -0.154. The summed E-state index contributed by atoms with van der Waals surface area (Å²) >= 11 is 0. The van der Waals surface area contributed by atoms with E-state index in [1.807, 2.05) is 23.6 Å². The lowest BCUT2D eigenvalue weighted by atomic mass is 9.81. The minimum Gasteiger partial charge on any atom is -0.375 e. The van der Waals surface area contributed by atoms with E-state index in [2.05, 4.69) is 5.32 Å². The molecule has 0 aromatic rings. The van der Waals surface area contributed by atoms with Gasteiger partial charge in [0.15, 0.2) is 0 Å². The number of rotatable bonds is 3. The lowest BCUT2D eigenvalue weighted by Crippen LogP contribution is -2.54.